The van der Waals surface area contributed by atoms with E-state index in [0.29, 0.717) is 5.69 Å². The molecule has 1 saturated heterocycles. The van der Waals surface area contributed by atoms with Crippen molar-refractivity contribution in [2.24, 2.45) is 0 Å². The van der Waals surface area contributed by atoms with Crippen LogP contribution in [0.2, 0.25) is 0 Å². The molecule has 0 unspecified atom stereocenters. The number of halogens is 2. The lowest BCUT2D eigenvalue weighted by Crippen LogP contribution is -2.46. The summed E-state index contributed by atoms with van der Waals surface area (Å²) < 4.78 is 1.08. The summed E-state index contributed by atoms with van der Waals surface area (Å²) in [7, 11) is 0. The number of aromatic nitrogens is 1. The van der Waals surface area contributed by atoms with Gasteiger partial charge in [-0.15, -0.1) is 35.1 Å². The van der Waals surface area contributed by atoms with E-state index in [0.717, 1.165) is 39.9 Å². The second-order valence-corrected chi connectivity index (χ2v) is 7.50. The Balaban J connectivity index is 0.00000147. The van der Waals surface area contributed by atoms with Gasteiger partial charge in [-0.1, -0.05) is 0 Å². The van der Waals surface area contributed by atoms with Gasteiger partial charge < -0.3 is 10.2 Å². The van der Waals surface area contributed by atoms with Gasteiger partial charge in [0.1, 0.15) is 10.7 Å². The Bertz CT molecular complexity index is 595. The molecule has 1 amide bonds. The molecule has 1 fully saturated rings. The zero-order valence-corrected chi connectivity index (χ0v) is 14.5. The van der Waals surface area contributed by atoms with E-state index in [1.165, 1.54) is 11.3 Å². The fourth-order valence-electron chi connectivity index (χ4n) is 1.94. The molecule has 8 heteroatoms. The van der Waals surface area contributed by atoms with Crippen molar-refractivity contribution in [1.29, 1.82) is 0 Å². The maximum absolute atomic E-state index is 12.3. The molecule has 2 aromatic rings. The first-order chi connectivity index (χ1) is 9.24. The minimum absolute atomic E-state index is 0. The molecule has 108 valence electrons. The molecular formula is C12H13BrClN3OS2. The van der Waals surface area contributed by atoms with E-state index in [9.17, 15) is 4.79 Å². The van der Waals surface area contributed by atoms with E-state index in [1.54, 1.807) is 11.3 Å². The summed E-state index contributed by atoms with van der Waals surface area (Å²) in [6.07, 6.45) is 0. The Morgan fingerprint density at radius 2 is 2.10 bits per heavy atom. The molecule has 3 heterocycles. The van der Waals surface area contributed by atoms with E-state index < -0.39 is 0 Å². The molecule has 0 radical (unpaired) electrons. The normalized spacial score (nSPS) is 14.9. The molecule has 3 rings (SSSR count). The third-order valence-corrected chi connectivity index (χ3v) is 5.55. The Morgan fingerprint density at radius 1 is 1.35 bits per heavy atom. The monoisotopic (exact) mass is 393 g/mol. The van der Waals surface area contributed by atoms with Crippen LogP contribution in [0, 0.1) is 0 Å². The van der Waals surface area contributed by atoms with E-state index in [1.807, 2.05) is 22.4 Å². The second kappa shape index (κ2) is 7.00. The highest BCUT2D eigenvalue weighted by Gasteiger charge is 2.20. The van der Waals surface area contributed by atoms with Gasteiger partial charge in [-0.2, -0.15) is 0 Å². The van der Waals surface area contributed by atoms with Crippen molar-refractivity contribution in [1.82, 2.24) is 15.2 Å². The number of nitrogens with one attached hydrogen (secondary N) is 1. The molecule has 1 N–H and O–H groups in total. The molecule has 0 aliphatic carbocycles. The number of rotatable bonds is 2. The third kappa shape index (κ3) is 3.40. The van der Waals surface area contributed by atoms with Crippen LogP contribution in [0.3, 0.4) is 0 Å². The van der Waals surface area contributed by atoms with Gasteiger partial charge in [0, 0.05) is 31.6 Å². The number of carbonyl (C=O) groups is 1. The average molecular weight is 395 g/mol. The molecule has 0 atom stereocenters. The van der Waals surface area contributed by atoms with Crippen LogP contribution in [0.15, 0.2) is 21.3 Å². The van der Waals surface area contributed by atoms with Gasteiger partial charge in [0.2, 0.25) is 0 Å². The van der Waals surface area contributed by atoms with E-state index in [2.05, 4.69) is 26.2 Å². The van der Waals surface area contributed by atoms with Gasteiger partial charge in [-0.25, -0.2) is 4.98 Å². The van der Waals surface area contributed by atoms with Crippen molar-refractivity contribution < 1.29 is 4.79 Å². The molecule has 2 aromatic heterocycles. The van der Waals surface area contributed by atoms with Gasteiger partial charge in [-0.05, 0) is 28.1 Å². The molecule has 0 saturated carbocycles. The summed E-state index contributed by atoms with van der Waals surface area (Å²) in [4.78, 5) is 19.7. The first kappa shape index (κ1) is 15.9. The molecule has 0 aromatic carbocycles. The van der Waals surface area contributed by atoms with Crippen molar-refractivity contribution in [2.45, 2.75) is 0 Å². The van der Waals surface area contributed by atoms with Crippen molar-refractivity contribution in [3.05, 3.63) is 27.0 Å². The predicted molar refractivity (Wildman–Crippen MR) is 89.1 cm³/mol. The highest BCUT2D eigenvalue weighted by atomic mass is 79.9. The van der Waals surface area contributed by atoms with Crippen molar-refractivity contribution in [2.75, 3.05) is 26.2 Å². The molecule has 0 spiro atoms. The SMILES string of the molecule is Cl.O=C(c1csc(-c2ccc(Br)s2)n1)N1CCNCC1. The van der Waals surface area contributed by atoms with E-state index >= 15 is 0 Å². The molecule has 4 nitrogen and oxygen atoms in total. The summed E-state index contributed by atoms with van der Waals surface area (Å²) in [5.74, 6) is 0.0413. The number of amides is 1. The molecular weight excluding hydrogens is 382 g/mol. The molecule has 1 aliphatic heterocycles. The van der Waals surface area contributed by atoms with Crippen molar-refractivity contribution >= 4 is 56.9 Å². The highest BCUT2D eigenvalue weighted by molar-refractivity contribution is 9.11. The topological polar surface area (TPSA) is 45.2 Å². The smallest absolute Gasteiger partial charge is 0.273 e. The number of carbonyl (C=O) groups excluding carboxylic acids is 1. The summed E-state index contributed by atoms with van der Waals surface area (Å²) in [5, 5.41) is 6.01. The van der Waals surface area contributed by atoms with Crippen LogP contribution in [0.4, 0.5) is 0 Å². The maximum atomic E-state index is 12.3. The predicted octanol–water partition coefficient (Wildman–Crippen LogP) is 3.10. The minimum Gasteiger partial charge on any atom is -0.335 e. The molecule has 0 bridgehead atoms. The second-order valence-electron chi connectivity index (χ2n) is 4.18. The Hall–Kier alpha value is -0.470. The van der Waals surface area contributed by atoms with Crippen LogP contribution in [0.1, 0.15) is 10.5 Å². The number of hydrogen-bond donors (Lipinski definition) is 1. The maximum Gasteiger partial charge on any atom is 0.273 e. The fraction of sp³-hybridized carbons (Fsp3) is 0.333. The lowest BCUT2D eigenvalue weighted by molar-refractivity contribution is 0.0731. The van der Waals surface area contributed by atoms with Crippen molar-refractivity contribution in [3.63, 3.8) is 0 Å². The average Bonchev–Trinajstić information content (AvgIpc) is 3.07. The number of thiophene rings is 1. The first-order valence-electron chi connectivity index (χ1n) is 5.95. The van der Waals surface area contributed by atoms with Crippen LogP contribution >= 0.6 is 51.0 Å². The van der Waals surface area contributed by atoms with Gasteiger partial charge in [0.25, 0.3) is 5.91 Å². The highest BCUT2D eigenvalue weighted by Crippen LogP contribution is 2.33. The van der Waals surface area contributed by atoms with E-state index in [4.69, 9.17) is 0 Å². The molecule has 20 heavy (non-hydrogen) atoms. The third-order valence-electron chi connectivity index (χ3n) is 2.91. The van der Waals surface area contributed by atoms with Crippen LogP contribution in [-0.2, 0) is 0 Å². The van der Waals surface area contributed by atoms with Gasteiger partial charge in [0.05, 0.1) is 8.66 Å². The lowest BCUT2D eigenvalue weighted by Gasteiger charge is -2.26. The van der Waals surface area contributed by atoms with Crippen LogP contribution in [-0.4, -0.2) is 42.0 Å². The zero-order chi connectivity index (χ0) is 13.2. The van der Waals surface area contributed by atoms with Gasteiger partial charge in [0.15, 0.2) is 0 Å². The van der Waals surface area contributed by atoms with Crippen LogP contribution in [0.25, 0.3) is 9.88 Å². The summed E-state index contributed by atoms with van der Waals surface area (Å²) in [6, 6.07) is 4.02. The number of piperazine rings is 1. The number of thiazole rings is 1. The summed E-state index contributed by atoms with van der Waals surface area (Å²) in [6.45, 7) is 3.24. The minimum atomic E-state index is 0. The van der Waals surface area contributed by atoms with Crippen molar-refractivity contribution in [3.8, 4) is 9.88 Å². The lowest BCUT2D eigenvalue weighted by atomic mass is 10.3. The Labute approximate surface area is 139 Å². The first-order valence-corrected chi connectivity index (χ1v) is 8.44. The van der Waals surface area contributed by atoms with Gasteiger partial charge in [-0.3, -0.25) is 4.79 Å². The number of nitrogens with zero attached hydrogens (tertiary/aromatic N) is 2. The van der Waals surface area contributed by atoms with Crippen LogP contribution < -0.4 is 5.32 Å². The van der Waals surface area contributed by atoms with Crippen LogP contribution in [0.5, 0.6) is 0 Å². The Morgan fingerprint density at radius 3 is 2.75 bits per heavy atom. The standard InChI is InChI=1S/C12H12BrN3OS2.ClH/c13-10-2-1-9(19-10)11-15-8(7-18-11)12(17)16-5-3-14-4-6-16;/h1-2,7,14H,3-6H2;1H. The summed E-state index contributed by atoms with van der Waals surface area (Å²) in [5.41, 5.74) is 0.562. The largest absolute Gasteiger partial charge is 0.335 e. The fourth-order valence-corrected chi connectivity index (χ4v) is 4.20. The van der Waals surface area contributed by atoms with E-state index in [-0.39, 0.29) is 18.3 Å². The van der Waals surface area contributed by atoms with Gasteiger partial charge >= 0.3 is 0 Å². The number of hydrogen-bond acceptors (Lipinski definition) is 5. The zero-order valence-electron chi connectivity index (χ0n) is 10.5. The Kier molecular flexibility index (Phi) is 5.57. The molecule has 1 aliphatic rings. The summed E-state index contributed by atoms with van der Waals surface area (Å²) >= 11 is 6.60. The quantitative estimate of drug-likeness (QED) is 0.851.